The number of methoxy groups -OCH3 is 1. The summed E-state index contributed by atoms with van der Waals surface area (Å²) in [5, 5.41) is 5.47. The molecule has 7 rings (SSSR count). The Morgan fingerprint density at radius 1 is 1.17 bits per heavy atom. The van der Waals surface area contributed by atoms with Crippen molar-refractivity contribution in [2.45, 2.75) is 110 Å². The number of benzene rings is 1. The van der Waals surface area contributed by atoms with E-state index in [0.717, 1.165) is 17.8 Å². The van der Waals surface area contributed by atoms with Crippen molar-refractivity contribution in [1.29, 1.82) is 0 Å². The summed E-state index contributed by atoms with van der Waals surface area (Å²) in [5.74, 6) is -0.181. The average Bonchev–Trinajstić information content (AvgIpc) is 3.67. The number of thiazole rings is 1. The molecule has 3 saturated carbocycles. The molecule has 3 amide bonds. The molecule has 52 heavy (non-hydrogen) atoms. The predicted molar refractivity (Wildman–Crippen MR) is 197 cm³/mol. The Morgan fingerprint density at radius 2 is 1.92 bits per heavy atom. The summed E-state index contributed by atoms with van der Waals surface area (Å²) in [6.45, 7) is 17.2. The number of esters is 1. The number of urea groups is 1. The van der Waals surface area contributed by atoms with E-state index in [2.05, 4.69) is 31.1 Å². The maximum Gasteiger partial charge on any atom is 0.461 e. The molecule has 4 unspecified atom stereocenters. The Balaban J connectivity index is 1.30. The van der Waals surface area contributed by atoms with Crippen molar-refractivity contribution >= 4 is 42.1 Å². The number of carbonyl (C=O) groups is 4. The lowest BCUT2D eigenvalue weighted by molar-refractivity contribution is -0.199. The second-order valence-electron chi connectivity index (χ2n) is 16.5. The molecule has 1 aromatic heterocycles. The van der Waals surface area contributed by atoms with Crippen molar-refractivity contribution in [2.75, 3.05) is 33.3 Å². The normalized spacial score (nSPS) is 26.3. The predicted octanol–water partition coefficient (Wildman–Crippen LogP) is 5.63. The lowest BCUT2D eigenvalue weighted by Crippen LogP contribution is -2.65. The number of rotatable bonds is 11. The van der Waals surface area contributed by atoms with Gasteiger partial charge in [-0.25, -0.2) is 14.6 Å². The first-order valence-electron chi connectivity index (χ1n) is 18.5. The molecule has 5 aliphatic rings. The van der Waals surface area contributed by atoms with Gasteiger partial charge in [0.05, 0.1) is 29.5 Å². The number of hydrogen-bond acceptors (Lipinski definition) is 10. The van der Waals surface area contributed by atoms with E-state index < -0.39 is 42.2 Å². The number of amides is 3. The Labute approximate surface area is 311 Å². The number of aromatic nitrogens is 1. The third kappa shape index (κ3) is 7.35. The number of nitrogens with one attached hydrogen (secondary N) is 1. The summed E-state index contributed by atoms with van der Waals surface area (Å²) in [7, 11) is 0.791. The Kier molecular flexibility index (Phi) is 10.6. The van der Waals surface area contributed by atoms with Crippen LogP contribution in [0.5, 0.6) is 5.75 Å². The molecule has 2 bridgehead atoms. The van der Waals surface area contributed by atoms with Gasteiger partial charge in [-0.05, 0) is 89.7 Å². The third-order valence-electron chi connectivity index (χ3n) is 11.7. The molecule has 0 spiro atoms. The highest BCUT2D eigenvalue weighted by molar-refractivity contribution is 7.09. The van der Waals surface area contributed by atoms with Crippen LogP contribution in [0.3, 0.4) is 0 Å². The number of aryl methyl sites for hydroxylation is 1. The van der Waals surface area contributed by atoms with E-state index in [1.165, 1.54) is 23.3 Å². The first kappa shape index (κ1) is 38.2. The lowest BCUT2D eigenvalue weighted by atomic mass is 9.43. The second kappa shape index (κ2) is 14.4. The summed E-state index contributed by atoms with van der Waals surface area (Å²) in [6.07, 6.45) is 2.13. The van der Waals surface area contributed by atoms with E-state index >= 15 is 0 Å². The molecule has 2 saturated heterocycles. The third-order valence-corrected chi connectivity index (χ3v) is 12.5. The number of ketones is 1. The number of likely N-dealkylation sites (N-methyl/N-ethyl adjacent to an activating group) is 1. The van der Waals surface area contributed by atoms with E-state index in [0.29, 0.717) is 54.9 Å². The van der Waals surface area contributed by atoms with Crippen molar-refractivity contribution < 1.29 is 38.0 Å². The molecule has 2 aromatic rings. The van der Waals surface area contributed by atoms with Crippen LogP contribution in [0.4, 0.5) is 4.79 Å². The average molecular weight is 737 g/mol. The van der Waals surface area contributed by atoms with Gasteiger partial charge in [-0.3, -0.25) is 9.59 Å². The van der Waals surface area contributed by atoms with Crippen molar-refractivity contribution in [3.05, 3.63) is 45.4 Å². The Bertz CT molecular complexity index is 1710. The molecule has 1 N–H and O–H groups in total. The van der Waals surface area contributed by atoms with Crippen molar-refractivity contribution in [3.8, 4) is 5.75 Å². The summed E-state index contributed by atoms with van der Waals surface area (Å²) in [6, 6.07) is 3.78. The molecule has 12 nitrogen and oxygen atoms in total. The number of hydrogen-bond donors (Lipinski definition) is 1. The van der Waals surface area contributed by atoms with E-state index in [9.17, 15) is 19.2 Å². The molecule has 3 heterocycles. The van der Waals surface area contributed by atoms with Gasteiger partial charge in [0.2, 0.25) is 5.91 Å². The highest BCUT2D eigenvalue weighted by atomic mass is 32.1. The minimum atomic E-state index is -1.06. The molecule has 1 aromatic carbocycles. The first-order valence-corrected chi connectivity index (χ1v) is 19.3. The minimum Gasteiger partial charge on any atom is -0.496 e. The van der Waals surface area contributed by atoms with E-state index in [-0.39, 0.29) is 41.7 Å². The molecular weight excluding hydrogens is 683 g/mol. The van der Waals surface area contributed by atoms with Gasteiger partial charge in [0.25, 0.3) is 0 Å². The van der Waals surface area contributed by atoms with Gasteiger partial charge >= 0.3 is 19.1 Å². The molecule has 0 radical (unpaired) electrons. The summed E-state index contributed by atoms with van der Waals surface area (Å²) in [5.41, 5.74) is 0.346. The zero-order valence-electron chi connectivity index (χ0n) is 31.9. The largest absolute Gasteiger partial charge is 0.496 e. The summed E-state index contributed by atoms with van der Waals surface area (Å²) >= 11 is 1.40. The molecular formula is C38H53BN4O8S. The van der Waals surface area contributed by atoms with Crippen LogP contribution in [0.15, 0.2) is 23.6 Å². The fourth-order valence-electron chi connectivity index (χ4n) is 8.77. The molecule has 2 aliphatic heterocycles. The number of carbonyl (C=O) groups excluding carboxylic acids is 4. The van der Waals surface area contributed by atoms with E-state index in [4.69, 9.17) is 18.8 Å². The van der Waals surface area contributed by atoms with E-state index in [1.54, 1.807) is 22.4 Å². The van der Waals surface area contributed by atoms with Crippen LogP contribution >= 0.6 is 11.3 Å². The van der Waals surface area contributed by atoms with Crippen LogP contribution in [0.25, 0.3) is 0 Å². The van der Waals surface area contributed by atoms with Gasteiger partial charge in [0, 0.05) is 37.3 Å². The topological polar surface area (TPSA) is 137 Å². The van der Waals surface area contributed by atoms with Gasteiger partial charge in [0.15, 0.2) is 5.78 Å². The lowest BCUT2D eigenvalue weighted by Gasteiger charge is -2.64. The molecule has 3 aliphatic carbocycles. The van der Waals surface area contributed by atoms with Crippen LogP contribution in [-0.2, 0) is 30.1 Å². The molecule has 282 valence electrons. The van der Waals surface area contributed by atoms with Gasteiger partial charge in [-0.1, -0.05) is 26.0 Å². The van der Waals surface area contributed by atoms with Crippen molar-refractivity contribution in [2.24, 2.45) is 17.3 Å². The zero-order chi connectivity index (χ0) is 37.7. The number of nitrogens with zero attached hydrogens (tertiary/aromatic N) is 3. The van der Waals surface area contributed by atoms with Gasteiger partial charge in [0.1, 0.15) is 29.5 Å². The fraction of sp³-hybridized carbons (Fsp3) is 0.658. The zero-order valence-corrected chi connectivity index (χ0v) is 32.8. The van der Waals surface area contributed by atoms with Gasteiger partial charge in [-0.15, -0.1) is 11.3 Å². The first-order chi connectivity index (χ1) is 24.4. The quantitative estimate of drug-likeness (QED) is 0.230. The molecule has 5 fully saturated rings. The van der Waals surface area contributed by atoms with Crippen LogP contribution in [-0.4, -0.2) is 96.2 Å². The number of para-hydroxylation sites is 1. The monoisotopic (exact) mass is 736 g/mol. The van der Waals surface area contributed by atoms with Crippen LogP contribution in [0.1, 0.15) is 100 Å². The molecule has 14 heteroatoms. The maximum atomic E-state index is 14.6. The van der Waals surface area contributed by atoms with Crippen LogP contribution in [0, 0.1) is 24.2 Å². The molecule has 6 atom stereocenters. The number of Topliss-reactive ketones (excluding diaryl/α,β-unsaturated/α-hetero) is 1. The van der Waals surface area contributed by atoms with Crippen LogP contribution in [0.2, 0.25) is 5.82 Å². The smallest absolute Gasteiger partial charge is 0.461 e. The number of ether oxygens (including phenoxy) is 2. The fourth-order valence-corrected chi connectivity index (χ4v) is 9.41. The maximum absolute atomic E-state index is 14.6. The second-order valence-corrected chi connectivity index (χ2v) is 17.6. The van der Waals surface area contributed by atoms with E-state index in [1.807, 2.05) is 40.7 Å². The van der Waals surface area contributed by atoms with Gasteiger partial charge < -0.3 is 33.9 Å². The highest BCUT2D eigenvalue weighted by Crippen LogP contribution is 2.66. The van der Waals surface area contributed by atoms with Crippen molar-refractivity contribution in [1.82, 2.24) is 20.1 Å². The van der Waals surface area contributed by atoms with Gasteiger partial charge in [-0.2, -0.15) is 0 Å². The summed E-state index contributed by atoms with van der Waals surface area (Å²) in [4.78, 5) is 61.9. The Morgan fingerprint density at radius 3 is 2.54 bits per heavy atom. The minimum absolute atomic E-state index is 0.0190. The highest BCUT2D eigenvalue weighted by Gasteiger charge is 2.68. The standard InChI is InChI=1S/C38H53BN4O8S/c1-10-42-14-15-43(20-31(42)45)35(47)41-32(27-21-52-22(2)40-27)28(44)19-25(39-50-30-18-24-17-29(37(24,6)7)38(30,8)51-39)16-23-12-11-13-26(33(23)48-9)34(46)49-36(3,4)5/h11-13,21,24-25,29-30,32H,10,14-20H2,1-9H3,(H,41,47)/t24?,25-,29?,30?,32?,38+/m1/s1. The SMILES string of the molecule is CCN1CCN(C(=O)NC(C(=O)C[C@@H](Cc2cccc(C(=O)OC(C)(C)C)c2OC)B2OC3CC4CC(C4(C)C)[C@]3(C)O2)c2csc(C)n2)CC1=O. The van der Waals surface area contributed by atoms with Crippen LogP contribution < -0.4 is 10.1 Å². The number of piperazine rings is 1. The summed E-state index contributed by atoms with van der Waals surface area (Å²) < 4.78 is 25.2. The Hall–Kier alpha value is -3.49. The van der Waals surface area contributed by atoms with Crippen molar-refractivity contribution in [3.63, 3.8) is 0 Å².